The van der Waals surface area contributed by atoms with E-state index in [4.69, 9.17) is 0 Å². The van der Waals surface area contributed by atoms with Crippen LogP contribution in [-0.2, 0) is 19.3 Å². The highest BCUT2D eigenvalue weighted by Gasteiger charge is 2.33. The fourth-order valence-corrected chi connectivity index (χ4v) is 3.41. The van der Waals surface area contributed by atoms with Crippen LogP contribution in [0.4, 0.5) is 13.2 Å². The van der Waals surface area contributed by atoms with Gasteiger partial charge in [0, 0.05) is 17.7 Å². The van der Waals surface area contributed by atoms with Crippen LogP contribution in [0.2, 0.25) is 0 Å². The number of likely N-dealkylation sites (N-methyl/N-ethyl adjacent to an activating group) is 1. The quantitative estimate of drug-likeness (QED) is 0.659. The third kappa shape index (κ3) is 3.68. The largest absolute Gasteiger partial charge is 0.416 e. The van der Waals surface area contributed by atoms with Gasteiger partial charge in [-0.05, 0) is 32.3 Å². The number of fused-ring (bicyclic) bond motifs is 3. The molecule has 30 heavy (non-hydrogen) atoms. The molecule has 6 nitrogen and oxygen atoms in total. The van der Waals surface area contributed by atoms with Crippen LogP contribution in [-0.4, -0.2) is 45.6 Å². The van der Waals surface area contributed by atoms with Crippen molar-refractivity contribution in [2.75, 3.05) is 20.6 Å². The number of rotatable bonds is 4. The molecule has 0 amide bonds. The van der Waals surface area contributed by atoms with E-state index in [1.165, 1.54) is 15.3 Å². The molecule has 0 aliphatic carbocycles. The Morgan fingerprint density at radius 2 is 1.83 bits per heavy atom. The van der Waals surface area contributed by atoms with Crippen molar-refractivity contribution in [1.29, 1.82) is 0 Å². The summed E-state index contributed by atoms with van der Waals surface area (Å²) in [6.45, 7) is 1.07. The third-order valence-corrected chi connectivity index (χ3v) is 4.91. The first-order valence-electron chi connectivity index (χ1n) is 9.41. The molecule has 1 aliphatic heterocycles. The van der Waals surface area contributed by atoms with Gasteiger partial charge in [-0.2, -0.15) is 18.3 Å². The second kappa shape index (κ2) is 7.56. The van der Waals surface area contributed by atoms with Gasteiger partial charge in [0.1, 0.15) is 6.54 Å². The van der Waals surface area contributed by atoms with Gasteiger partial charge >= 0.3 is 11.9 Å². The fourth-order valence-electron chi connectivity index (χ4n) is 3.41. The van der Waals surface area contributed by atoms with Gasteiger partial charge in [0.15, 0.2) is 5.82 Å². The van der Waals surface area contributed by atoms with E-state index < -0.39 is 17.4 Å². The van der Waals surface area contributed by atoms with E-state index in [9.17, 15) is 18.0 Å². The predicted octanol–water partition coefficient (Wildman–Crippen LogP) is 2.97. The van der Waals surface area contributed by atoms with Gasteiger partial charge in [-0.1, -0.05) is 30.3 Å². The number of nitrogens with zero attached hydrogens (tertiary/aromatic N) is 5. The van der Waals surface area contributed by atoms with Crippen molar-refractivity contribution in [3.05, 3.63) is 81.5 Å². The summed E-state index contributed by atoms with van der Waals surface area (Å²) in [4.78, 5) is 19.5. The maximum atomic E-state index is 13.4. The lowest BCUT2D eigenvalue weighted by atomic mass is 9.98. The normalized spacial score (nSPS) is 13.6. The van der Waals surface area contributed by atoms with Gasteiger partial charge in [-0.15, -0.1) is 0 Å². The van der Waals surface area contributed by atoms with Gasteiger partial charge in [-0.3, -0.25) is 4.99 Å². The molecule has 0 spiro atoms. The molecule has 1 aromatic heterocycles. The molecule has 9 heteroatoms. The molecule has 0 saturated heterocycles. The van der Waals surface area contributed by atoms with E-state index in [0.29, 0.717) is 35.9 Å². The number of hydrogen-bond acceptors (Lipinski definition) is 4. The summed E-state index contributed by atoms with van der Waals surface area (Å²) >= 11 is 0. The number of aromatic nitrogens is 3. The maximum Gasteiger partial charge on any atom is 0.416 e. The highest BCUT2D eigenvalue weighted by molar-refractivity contribution is 6.15. The molecule has 0 saturated carbocycles. The van der Waals surface area contributed by atoms with Crippen molar-refractivity contribution < 1.29 is 13.2 Å². The first-order chi connectivity index (χ1) is 14.3. The highest BCUT2D eigenvalue weighted by atomic mass is 19.4. The SMILES string of the molecule is CN(C)CCn1nc2n(c1=O)-c1ccc(C(F)(F)F)cc1C(c1ccccc1)=NC2. The van der Waals surface area contributed by atoms with E-state index in [1.54, 1.807) is 24.3 Å². The van der Waals surface area contributed by atoms with E-state index >= 15 is 0 Å². The first kappa shape index (κ1) is 20.1. The van der Waals surface area contributed by atoms with Crippen LogP contribution in [0.5, 0.6) is 0 Å². The number of halogens is 3. The molecule has 4 rings (SSSR count). The molecule has 0 N–H and O–H groups in total. The molecule has 156 valence electrons. The zero-order valence-corrected chi connectivity index (χ0v) is 16.5. The van der Waals surface area contributed by atoms with E-state index in [0.717, 1.165) is 12.1 Å². The monoisotopic (exact) mass is 415 g/mol. The van der Waals surface area contributed by atoms with E-state index in [-0.39, 0.29) is 12.1 Å². The first-order valence-corrected chi connectivity index (χ1v) is 9.41. The second-order valence-electron chi connectivity index (χ2n) is 7.32. The fraction of sp³-hybridized carbons (Fsp3) is 0.286. The lowest BCUT2D eigenvalue weighted by molar-refractivity contribution is -0.137. The number of aliphatic imine (C=N–C) groups is 1. The Hall–Kier alpha value is -3.20. The van der Waals surface area contributed by atoms with Crippen LogP contribution in [0.1, 0.15) is 22.5 Å². The van der Waals surface area contributed by atoms with Crippen LogP contribution in [0.25, 0.3) is 5.69 Å². The minimum atomic E-state index is -4.51. The minimum Gasteiger partial charge on any atom is -0.308 e. The highest BCUT2D eigenvalue weighted by Crippen LogP contribution is 2.33. The second-order valence-corrected chi connectivity index (χ2v) is 7.32. The molecule has 0 atom stereocenters. The summed E-state index contributed by atoms with van der Waals surface area (Å²) < 4.78 is 42.9. The Kier molecular flexibility index (Phi) is 5.07. The Morgan fingerprint density at radius 1 is 1.10 bits per heavy atom. The van der Waals surface area contributed by atoms with Crippen molar-refractivity contribution in [3.63, 3.8) is 0 Å². The average Bonchev–Trinajstić information content (AvgIpc) is 2.92. The number of hydrogen-bond donors (Lipinski definition) is 0. The van der Waals surface area contributed by atoms with Crippen LogP contribution < -0.4 is 5.69 Å². The molecule has 0 fully saturated rings. The third-order valence-electron chi connectivity index (χ3n) is 4.91. The molecular formula is C21H20F3N5O. The lowest BCUT2D eigenvalue weighted by Crippen LogP contribution is -2.29. The molecule has 1 aliphatic rings. The standard InChI is InChI=1S/C21H20F3N5O/c1-27(2)10-11-28-20(30)29-17-9-8-15(21(22,23)24)12-16(17)19(25-13-18(29)26-28)14-6-4-3-5-7-14/h3-9,12H,10-11,13H2,1-2H3. The van der Waals surface area contributed by atoms with Crippen molar-refractivity contribution >= 4 is 5.71 Å². The van der Waals surface area contributed by atoms with Crippen molar-refractivity contribution in [1.82, 2.24) is 19.2 Å². The van der Waals surface area contributed by atoms with Crippen molar-refractivity contribution in [2.24, 2.45) is 4.99 Å². The maximum absolute atomic E-state index is 13.4. The summed E-state index contributed by atoms with van der Waals surface area (Å²) in [5.74, 6) is 0.394. The number of alkyl halides is 3. The Bertz CT molecular complexity index is 1160. The Morgan fingerprint density at radius 3 is 2.50 bits per heavy atom. The molecule has 0 radical (unpaired) electrons. The summed E-state index contributed by atoms with van der Waals surface area (Å²) in [6.07, 6.45) is -4.51. The summed E-state index contributed by atoms with van der Waals surface area (Å²) in [5.41, 5.74) is 0.500. The van der Waals surface area contributed by atoms with Gasteiger partial charge < -0.3 is 4.90 Å². The van der Waals surface area contributed by atoms with Crippen LogP contribution in [0.15, 0.2) is 58.3 Å². The van der Waals surface area contributed by atoms with Crippen LogP contribution in [0, 0.1) is 0 Å². The summed E-state index contributed by atoms with van der Waals surface area (Å²) in [7, 11) is 3.77. The van der Waals surface area contributed by atoms with Crippen molar-refractivity contribution in [2.45, 2.75) is 19.3 Å². The zero-order valence-electron chi connectivity index (χ0n) is 16.5. The van der Waals surface area contributed by atoms with E-state index in [2.05, 4.69) is 10.1 Å². The molecule has 0 unspecified atom stereocenters. The molecular weight excluding hydrogens is 395 g/mol. The Labute approximate surface area is 170 Å². The lowest BCUT2D eigenvalue weighted by Gasteiger charge is -2.14. The van der Waals surface area contributed by atoms with Gasteiger partial charge in [0.25, 0.3) is 0 Å². The molecule has 0 bridgehead atoms. The summed E-state index contributed by atoms with van der Waals surface area (Å²) in [5, 5.41) is 4.39. The summed E-state index contributed by atoms with van der Waals surface area (Å²) in [6, 6.07) is 12.3. The van der Waals surface area contributed by atoms with Gasteiger partial charge in [0.2, 0.25) is 0 Å². The zero-order chi connectivity index (χ0) is 21.5. The molecule has 2 heterocycles. The van der Waals surface area contributed by atoms with Gasteiger partial charge in [-0.25, -0.2) is 14.0 Å². The minimum absolute atomic E-state index is 0.0878. The Balaban J connectivity index is 1.92. The smallest absolute Gasteiger partial charge is 0.308 e. The topological polar surface area (TPSA) is 55.4 Å². The van der Waals surface area contributed by atoms with Crippen LogP contribution >= 0.6 is 0 Å². The predicted molar refractivity (Wildman–Crippen MR) is 107 cm³/mol. The molecule has 3 aromatic rings. The number of benzene rings is 2. The van der Waals surface area contributed by atoms with Gasteiger partial charge in [0.05, 0.1) is 23.5 Å². The van der Waals surface area contributed by atoms with E-state index in [1.807, 2.05) is 25.1 Å². The van der Waals surface area contributed by atoms with Crippen molar-refractivity contribution in [3.8, 4) is 5.69 Å². The van der Waals surface area contributed by atoms with Crippen LogP contribution in [0.3, 0.4) is 0 Å². The average molecular weight is 415 g/mol. The molecule has 2 aromatic carbocycles.